The molecule has 0 radical (unpaired) electrons. The summed E-state index contributed by atoms with van der Waals surface area (Å²) < 4.78 is 57.7. The van der Waals surface area contributed by atoms with Crippen LogP contribution in [0.15, 0.2) is 28.7 Å². The Balaban J connectivity index is 2.41. The van der Waals surface area contributed by atoms with E-state index in [9.17, 15) is 27.6 Å². The number of carbonyl (C=O) groups is 3. The Morgan fingerprint density at radius 2 is 1.91 bits per heavy atom. The Bertz CT molecular complexity index is 1120. The molecule has 13 heteroatoms. The van der Waals surface area contributed by atoms with Crippen molar-refractivity contribution in [2.24, 2.45) is 0 Å². The molecule has 0 bridgehead atoms. The molecule has 0 unspecified atom stereocenters. The maximum absolute atomic E-state index is 12.3. The van der Waals surface area contributed by atoms with E-state index in [4.69, 9.17) is 18.9 Å². The second-order valence-corrected chi connectivity index (χ2v) is 8.43. The first-order valence-electron chi connectivity index (χ1n) is 9.90. The molecule has 1 aromatic heterocycles. The fourth-order valence-corrected chi connectivity index (χ4v) is 4.66. The van der Waals surface area contributed by atoms with Crippen molar-refractivity contribution in [3.05, 3.63) is 39.2 Å². The van der Waals surface area contributed by atoms with Gasteiger partial charge in [0, 0.05) is 11.6 Å². The lowest BCUT2D eigenvalue weighted by Gasteiger charge is -2.09. The number of ether oxygens (including phenoxy) is 4. The predicted molar refractivity (Wildman–Crippen MR) is 126 cm³/mol. The number of halogens is 4. The summed E-state index contributed by atoms with van der Waals surface area (Å²) in [6.45, 7) is -0.0822. The average molecular weight is 580 g/mol. The summed E-state index contributed by atoms with van der Waals surface area (Å²) in [6.07, 6.45) is -2.28. The molecule has 0 spiro atoms. The van der Waals surface area contributed by atoms with Crippen molar-refractivity contribution in [1.82, 2.24) is 5.32 Å². The SMILES string of the molecule is CCOC(=O)COc1c(C(=O)OC)sc(-c2ccc(OC)c(/C=C/C(=O)NCC(F)(F)F)c2)c1Br. The monoisotopic (exact) mass is 579 g/mol. The number of esters is 2. The van der Waals surface area contributed by atoms with Crippen LogP contribution < -0.4 is 14.8 Å². The maximum atomic E-state index is 12.3. The molecule has 0 aliphatic carbocycles. The highest BCUT2D eigenvalue weighted by atomic mass is 79.9. The topological polar surface area (TPSA) is 100 Å². The molecule has 190 valence electrons. The van der Waals surface area contributed by atoms with Gasteiger partial charge in [-0.05, 0) is 52.7 Å². The number of nitrogens with one attached hydrogen (secondary N) is 1. The molecule has 2 rings (SSSR count). The van der Waals surface area contributed by atoms with Crippen LogP contribution in [0.5, 0.6) is 11.5 Å². The van der Waals surface area contributed by atoms with Crippen molar-refractivity contribution >= 4 is 51.2 Å². The Morgan fingerprint density at radius 3 is 2.51 bits per heavy atom. The van der Waals surface area contributed by atoms with Gasteiger partial charge in [-0.1, -0.05) is 0 Å². The highest BCUT2D eigenvalue weighted by Gasteiger charge is 2.27. The summed E-state index contributed by atoms with van der Waals surface area (Å²) in [6, 6.07) is 4.87. The van der Waals surface area contributed by atoms with Crippen molar-refractivity contribution in [3.63, 3.8) is 0 Å². The molecule has 0 saturated heterocycles. The van der Waals surface area contributed by atoms with Gasteiger partial charge in [-0.2, -0.15) is 13.2 Å². The number of thiophene rings is 1. The van der Waals surface area contributed by atoms with Crippen LogP contribution in [0.2, 0.25) is 0 Å². The summed E-state index contributed by atoms with van der Waals surface area (Å²) >= 11 is 4.42. The van der Waals surface area contributed by atoms with Gasteiger partial charge >= 0.3 is 18.1 Å². The van der Waals surface area contributed by atoms with E-state index in [1.165, 1.54) is 20.3 Å². The van der Waals surface area contributed by atoms with Crippen LogP contribution in [0, 0.1) is 0 Å². The number of alkyl halides is 3. The second kappa shape index (κ2) is 12.6. The van der Waals surface area contributed by atoms with Gasteiger partial charge in [0.05, 0.1) is 30.2 Å². The highest BCUT2D eigenvalue weighted by molar-refractivity contribution is 9.10. The summed E-state index contributed by atoms with van der Waals surface area (Å²) in [5.41, 5.74) is 0.954. The van der Waals surface area contributed by atoms with Crippen LogP contribution in [0.4, 0.5) is 13.2 Å². The number of methoxy groups -OCH3 is 2. The van der Waals surface area contributed by atoms with Gasteiger partial charge in [0.25, 0.3) is 0 Å². The van der Waals surface area contributed by atoms with Crippen LogP contribution in [0.25, 0.3) is 16.5 Å². The molecule has 1 heterocycles. The van der Waals surface area contributed by atoms with Crippen molar-refractivity contribution < 1.29 is 46.5 Å². The first kappa shape index (κ1) is 28.2. The average Bonchev–Trinajstić information content (AvgIpc) is 3.15. The number of hydrogen-bond acceptors (Lipinski definition) is 8. The van der Waals surface area contributed by atoms with Gasteiger partial charge in [0.2, 0.25) is 5.91 Å². The van der Waals surface area contributed by atoms with Crippen LogP contribution in [0.1, 0.15) is 22.2 Å². The smallest absolute Gasteiger partial charge is 0.405 e. The third-order valence-electron chi connectivity index (χ3n) is 4.19. The Morgan fingerprint density at radius 1 is 1.20 bits per heavy atom. The Labute approximate surface area is 211 Å². The lowest BCUT2D eigenvalue weighted by molar-refractivity contribution is -0.145. The number of benzene rings is 1. The summed E-state index contributed by atoms with van der Waals surface area (Å²) in [4.78, 5) is 36.4. The van der Waals surface area contributed by atoms with Gasteiger partial charge in [-0.25, -0.2) is 9.59 Å². The molecular weight excluding hydrogens is 559 g/mol. The molecule has 0 fully saturated rings. The largest absolute Gasteiger partial charge is 0.496 e. The fourth-order valence-electron chi connectivity index (χ4n) is 2.69. The minimum absolute atomic E-state index is 0.0874. The first-order valence-corrected chi connectivity index (χ1v) is 11.5. The molecule has 1 N–H and O–H groups in total. The van der Waals surface area contributed by atoms with E-state index in [1.807, 2.05) is 0 Å². The van der Waals surface area contributed by atoms with Crippen LogP contribution in [-0.4, -0.2) is 58.0 Å². The quantitative estimate of drug-likeness (QED) is 0.324. The molecule has 1 amide bonds. The van der Waals surface area contributed by atoms with Crippen molar-refractivity contribution in [3.8, 4) is 21.9 Å². The standard InChI is InChI=1S/C22H21BrF3NO7S/c1-4-33-16(29)10-34-18-17(23)19(35-20(18)21(30)32-3)13-5-7-14(31-2)12(9-13)6-8-15(28)27-11-22(24,25)26/h5-9H,4,10-11H2,1-3H3,(H,27,28)/b8-6+. The normalized spacial score (nSPS) is 11.3. The number of hydrogen-bond donors (Lipinski definition) is 1. The van der Waals surface area contributed by atoms with E-state index < -0.39 is 37.2 Å². The number of amides is 1. The zero-order chi connectivity index (χ0) is 26.2. The summed E-state index contributed by atoms with van der Waals surface area (Å²) in [7, 11) is 2.60. The molecule has 1 aromatic carbocycles. The third-order valence-corrected chi connectivity index (χ3v) is 6.41. The van der Waals surface area contributed by atoms with Crippen molar-refractivity contribution in [1.29, 1.82) is 0 Å². The highest BCUT2D eigenvalue weighted by Crippen LogP contribution is 2.46. The zero-order valence-electron chi connectivity index (χ0n) is 18.8. The minimum atomic E-state index is -4.53. The predicted octanol–water partition coefficient (Wildman–Crippen LogP) is 4.61. The van der Waals surface area contributed by atoms with Crippen molar-refractivity contribution in [2.75, 3.05) is 34.0 Å². The van der Waals surface area contributed by atoms with E-state index in [1.54, 1.807) is 30.4 Å². The van der Waals surface area contributed by atoms with Gasteiger partial charge in [0.15, 0.2) is 17.2 Å². The van der Waals surface area contributed by atoms with E-state index in [-0.39, 0.29) is 17.2 Å². The number of carbonyl (C=O) groups excluding carboxylic acids is 3. The number of rotatable bonds is 10. The zero-order valence-corrected chi connectivity index (χ0v) is 21.2. The molecule has 35 heavy (non-hydrogen) atoms. The molecule has 0 atom stereocenters. The van der Waals surface area contributed by atoms with Gasteiger partial charge in [0.1, 0.15) is 12.3 Å². The maximum Gasteiger partial charge on any atom is 0.405 e. The lowest BCUT2D eigenvalue weighted by atomic mass is 10.1. The van der Waals surface area contributed by atoms with Crippen LogP contribution >= 0.6 is 27.3 Å². The third kappa shape index (κ3) is 7.99. The van der Waals surface area contributed by atoms with Crippen LogP contribution in [0.3, 0.4) is 0 Å². The summed E-state index contributed by atoms with van der Waals surface area (Å²) in [5.74, 6) is -1.80. The van der Waals surface area contributed by atoms with E-state index in [0.717, 1.165) is 17.4 Å². The van der Waals surface area contributed by atoms with E-state index >= 15 is 0 Å². The molecule has 8 nitrogen and oxygen atoms in total. The molecular formula is C22H21BrF3NO7S. The van der Waals surface area contributed by atoms with Crippen molar-refractivity contribution in [2.45, 2.75) is 13.1 Å². The van der Waals surface area contributed by atoms with E-state index in [0.29, 0.717) is 26.2 Å². The van der Waals surface area contributed by atoms with Gasteiger partial charge in [-0.3, -0.25) is 4.79 Å². The Kier molecular flexibility index (Phi) is 10.1. The molecule has 0 aliphatic rings. The molecule has 2 aromatic rings. The Hall–Kier alpha value is -3.06. The van der Waals surface area contributed by atoms with E-state index in [2.05, 4.69) is 15.9 Å². The lowest BCUT2D eigenvalue weighted by Crippen LogP contribution is -2.32. The van der Waals surface area contributed by atoms with Crippen LogP contribution in [-0.2, 0) is 19.1 Å². The van der Waals surface area contributed by atoms with Gasteiger partial charge in [-0.15, -0.1) is 11.3 Å². The first-order chi connectivity index (χ1) is 16.5. The minimum Gasteiger partial charge on any atom is -0.496 e. The summed E-state index contributed by atoms with van der Waals surface area (Å²) in [5, 5.41) is 1.74. The van der Waals surface area contributed by atoms with Gasteiger partial charge < -0.3 is 24.3 Å². The second-order valence-electron chi connectivity index (χ2n) is 6.61. The molecule has 0 saturated carbocycles. The molecule has 0 aliphatic heterocycles. The fraction of sp³-hybridized carbons (Fsp3) is 0.318.